The molecule has 0 radical (unpaired) electrons. The van der Waals surface area contributed by atoms with E-state index >= 15 is 0 Å². The van der Waals surface area contributed by atoms with Crippen molar-refractivity contribution in [3.63, 3.8) is 0 Å². The fraction of sp³-hybridized carbons (Fsp3) is 0.179. The van der Waals surface area contributed by atoms with E-state index in [2.05, 4.69) is 5.32 Å². The first kappa shape index (κ1) is 25.4. The van der Waals surface area contributed by atoms with Gasteiger partial charge in [-0.3, -0.25) is 9.59 Å². The number of benzene rings is 2. The molecule has 3 atom stereocenters. The monoisotopic (exact) mass is 544 g/mol. The van der Waals surface area contributed by atoms with Gasteiger partial charge in [-0.1, -0.05) is 78.5 Å². The van der Waals surface area contributed by atoms with E-state index in [0.717, 1.165) is 21.5 Å². The predicted octanol–water partition coefficient (Wildman–Crippen LogP) is 2.87. The van der Waals surface area contributed by atoms with Crippen LogP contribution in [0.1, 0.15) is 22.1 Å². The summed E-state index contributed by atoms with van der Waals surface area (Å²) < 4.78 is 5.90. The van der Waals surface area contributed by atoms with Crippen LogP contribution in [-0.4, -0.2) is 52.0 Å². The molecule has 3 heterocycles. The lowest BCUT2D eigenvalue weighted by molar-refractivity contribution is -0.165. The maximum Gasteiger partial charge on any atom is 0.335 e. The molecule has 3 aromatic rings. The number of rotatable bonds is 7. The van der Waals surface area contributed by atoms with Crippen LogP contribution in [0.15, 0.2) is 88.7 Å². The number of esters is 1. The highest BCUT2D eigenvalue weighted by molar-refractivity contribution is 8.04. The molecule has 0 bridgehead atoms. The Balaban J connectivity index is 1.41. The number of thiophene rings is 1. The van der Waals surface area contributed by atoms with Gasteiger partial charge in [0, 0.05) is 4.88 Å². The summed E-state index contributed by atoms with van der Waals surface area (Å²) in [5.41, 5.74) is 1.05. The Morgan fingerprint density at radius 2 is 1.61 bits per heavy atom. The Bertz CT molecular complexity index is 1420. The molecular weight excluding hydrogens is 524 g/mol. The topological polar surface area (TPSA) is 110 Å². The summed E-state index contributed by atoms with van der Waals surface area (Å²) in [5.74, 6) is 1.52. The second-order valence-corrected chi connectivity index (χ2v) is 10.7. The standard InChI is InChI=1S/C28H20N2O6S2/c31-15-20-21(16-32)38-27-23(29-22(33)14-19-12-7-13-37-19)26(34)30(27)24(20)28(35)36-25(17-8-3-1-4-9-17)18-10-5-2-6-11-18/h1-13,23-25,27H,14H2,(H,29,33)/t23?,24?,27-/m1/s1. The zero-order valence-electron chi connectivity index (χ0n) is 19.7. The summed E-state index contributed by atoms with van der Waals surface area (Å²) >= 11 is 2.30. The molecular formula is C28H20N2O6S2. The molecule has 2 aliphatic heterocycles. The molecule has 2 fully saturated rings. The van der Waals surface area contributed by atoms with Gasteiger partial charge in [0.25, 0.3) is 0 Å². The van der Waals surface area contributed by atoms with Crippen molar-refractivity contribution in [1.82, 2.24) is 10.2 Å². The van der Waals surface area contributed by atoms with Crippen molar-refractivity contribution >= 4 is 52.8 Å². The molecule has 2 saturated heterocycles. The van der Waals surface area contributed by atoms with Crippen molar-refractivity contribution < 1.29 is 28.7 Å². The third-order valence-corrected chi connectivity index (χ3v) is 8.37. The summed E-state index contributed by atoms with van der Waals surface area (Å²) in [7, 11) is 0. The molecule has 5 rings (SSSR count). The molecule has 190 valence electrons. The first-order valence-electron chi connectivity index (χ1n) is 11.6. The molecule has 8 nitrogen and oxygen atoms in total. The molecule has 2 aliphatic rings. The van der Waals surface area contributed by atoms with Gasteiger partial charge in [-0.25, -0.2) is 14.4 Å². The molecule has 2 aromatic carbocycles. The lowest BCUT2D eigenvalue weighted by Gasteiger charge is -2.52. The Morgan fingerprint density at radius 3 is 2.16 bits per heavy atom. The van der Waals surface area contributed by atoms with Crippen molar-refractivity contribution in [2.75, 3.05) is 0 Å². The van der Waals surface area contributed by atoms with Crippen LogP contribution in [0.4, 0.5) is 0 Å². The SMILES string of the molecule is O=C=C1S[C@@H]2C(NC(=O)Cc3cccs3)C(=O)N2C(C(=O)OC(c2ccccc2)c2ccccc2)C1=C=O. The van der Waals surface area contributed by atoms with Gasteiger partial charge in [0.05, 0.1) is 12.0 Å². The fourth-order valence-corrected chi connectivity index (χ4v) is 6.37. The minimum Gasteiger partial charge on any atom is -0.451 e. The van der Waals surface area contributed by atoms with Crippen LogP contribution < -0.4 is 5.32 Å². The average molecular weight is 545 g/mol. The minimum absolute atomic E-state index is 0.0933. The number of fused-ring (bicyclic) bond motifs is 1. The number of β-lactam (4-membered cyclic amide) rings is 1. The van der Waals surface area contributed by atoms with E-state index in [9.17, 15) is 24.0 Å². The van der Waals surface area contributed by atoms with Crippen LogP contribution in [0, 0.1) is 0 Å². The summed E-state index contributed by atoms with van der Waals surface area (Å²) in [5, 5.41) is 3.75. The first-order valence-corrected chi connectivity index (χ1v) is 13.4. The van der Waals surface area contributed by atoms with Gasteiger partial charge in [0.2, 0.25) is 11.8 Å². The highest BCUT2D eigenvalue weighted by Crippen LogP contribution is 2.46. The lowest BCUT2D eigenvalue weighted by Crippen LogP contribution is -2.74. The van der Waals surface area contributed by atoms with Gasteiger partial charge in [-0.15, -0.1) is 11.3 Å². The second kappa shape index (κ2) is 11.0. The Labute approximate surface area is 226 Å². The summed E-state index contributed by atoms with van der Waals surface area (Å²) in [6.45, 7) is 0. The highest BCUT2D eigenvalue weighted by Gasteiger charge is 2.59. The van der Waals surface area contributed by atoms with Crippen molar-refractivity contribution in [2.45, 2.75) is 30.0 Å². The Kier molecular flexibility index (Phi) is 7.40. The number of hydrogen-bond acceptors (Lipinski definition) is 8. The lowest BCUT2D eigenvalue weighted by atomic mass is 9.96. The molecule has 1 aromatic heterocycles. The van der Waals surface area contributed by atoms with Crippen molar-refractivity contribution in [1.29, 1.82) is 0 Å². The third kappa shape index (κ3) is 4.86. The van der Waals surface area contributed by atoms with Crippen molar-refractivity contribution in [2.24, 2.45) is 0 Å². The van der Waals surface area contributed by atoms with E-state index in [1.807, 2.05) is 29.6 Å². The third-order valence-electron chi connectivity index (χ3n) is 6.21. The Hall–Kier alpha value is -4.20. The van der Waals surface area contributed by atoms with Gasteiger partial charge < -0.3 is 15.0 Å². The molecule has 0 saturated carbocycles. The molecule has 0 spiro atoms. The summed E-state index contributed by atoms with van der Waals surface area (Å²) in [6.07, 6.45) is -0.733. The highest BCUT2D eigenvalue weighted by atomic mass is 32.2. The van der Waals surface area contributed by atoms with E-state index < -0.39 is 35.4 Å². The largest absolute Gasteiger partial charge is 0.451 e. The number of carbonyl (C=O) groups excluding carboxylic acids is 5. The van der Waals surface area contributed by atoms with Gasteiger partial charge in [-0.2, -0.15) is 0 Å². The number of nitrogens with one attached hydrogen (secondary N) is 1. The van der Waals surface area contributed by atoms with E-state index in [1.165, 1.54) is 11.3 Å². The van der Waals surface area contributed by atoms with Crippen LogP contribution in [0.25, 0.3) is 0 Å². The maximum absolute atomic E-state index is 13.6. The van der Waals surface area contributed by atoms with Gasteiger partial charge in [0.15, 0.2) is 12.1 Å². The van der Waals surface area contributed by atoms with E-state index in [1.54, 1.807) is 60.4 Å². The number of thioether (sulfide) groups is 1. The molecule has 2 amide bonds. The minimum atomic E-state index is -1.50. The normalized spacial score (nSPS) is 20.2. The zero-order chi connectivity index (χ0) is 26.6. The quantitative estimate of drug-likeness (QED) is 0.277. The summed E-state index contributed by atoms with van der Waals surface area (Å²) in [6, 6.07) is 19.2. The molecule has 0 aliphatic carbocycles. The van der Waals surface area contributed by atoms with Crippen molar-refractivity contribution in [3.8, 4) is 0 Å². The van der Waals surface area contributed by atoms with Crippen LogP contribution in [-0.2, 0) is 35.1 Å². The van der Waals surface area contributed by atoms with Crippen molar-refractivity contribution in [3.05, 3.63) is 105 Å². The molecule has 2 unspecified atom stereocenters. The van der Waals surface area contributed by atoms with Crippen LogP contribution in [0.5, 0.6) is 0 Å². The average Bonchev–Trinajstić information content (AvgIpc) is 3.47. The van der Waals surface area contributed by atoms with Gasteiger partial charge in [-0.05, 0) is 22.6 Å². The van der Waals surface area contributed by atoms with Crippen LogP contribution in [0.2, 0.25) is 0 Å². The molecule has 10 heteroatoms. The summed E-state index contributed by atoms with van der Waals surface area (Å²) in [4.78, 5) is 64.8. The van der Waals surface area contributed by atoms with E-state index in [4.69, 9.17) is 4.74 Å². The number of nitrogens with zero attached hydrogens (tertiary/aromatic N) is 1. The number of hydrogen-bond donors (Lipinski definition) is 1. The number of amides is 2. The Morgan fingerprint density at radius 1 is 0.947 bits per heavy atom. The van der Waals surface area contributed by atoms with E-state index in [-0.39, 0.29) is 22.8 Å². The fourth-order valence-electron chi connectivity index (χ4n) is 4.44. The zero-order valence-corrected chi connectivity index (χ0v) is 21.4. The van der Waals surface area contributed by atoms with Crippen LogP contribution >= 0.6 is 23.1 Å². The smallest absolute Gasteiger partial charge is 0.335 e. The predicted molar refractivity (Wildman–Crippen MR) is 141 cm³/mol. The first-order chi connectivity index (χ1) is 18.5. The van der Waals surface area contributed by atoms with Crippen LogP contribution in [0.3, 0.4) is 0 Å². The van der Waals surface area contributed by atoms with Gasteiger partial charge in [0.1, 0.15) is 28.2 Å². The number of ether oxygens (including phenoxy) is 1. The molecule has 1 N–H and O–H groups in total. The second-order valence-electron chi connectivity index (χ2n) is 8.54. The van der Waals surface area contributed by atoms with E-state index in [0.29, 0.717) is 11.1 Å². The van der Waals surface area contributed by atoms with Gasteiger partial charge >= 0.3 is 5.97 Å². The number of carbonyl (C=O) groups is 3. The maximum atomic E-state index is 13.6. The molecule has 38 heavy (non-hydrogen) atoms.